The number of para-hydroxylation sites is 1. The van der Waals surface area contributed by atoms with Crippen LogP contribution in [0.4, 0.5) is 24.5 Å². The molecule has 1 N–H and O–H groups in total. The Balaban J connectivity index is 0.000000224. The van der Waals surface area contributed by atoms with Crippen LogP contribution in [0.5, 0.6) is 23.0 Å². The van der Waals surface area contributed by atoms with Crippen LogP contribution in [-0.2, 0) is 6.18 Å². The fourth-order valence-corrected chi connectivity index (χ4v) is 8.71. The number of aliphatic hydroxyl groups excluding tert-OH is 1. The van der Waals surface area contributed by atoms with E-state index in [4.69, 9.17) is 28.5 Å². The van der Waals surface area contributed by atoms with E-state index in [0.29, 0.717) is 63.9 Å². The van der Waals surface area contributed by atoms with Crippen molar-refractivity contribution in [3.05, 3.63) is 100 Å². The number of ether oxygens (including phenoxy) is 4. The molecule has 3 aliphatic rings. The minimum atomic E-state index is -4.35. The molecule has 1 saturated heterocycles. The highest BCUT2D eigenvalue weighted by molar-refractivity contribution is 7.99. The van der Waals surface area contributed by atoms with Crippen molar-refractivity contribution in [1.82, 2.24) is 9.80 Å². The third-order valence-electron chi connectivity index (χ3n) is 10.6. The standard InChI is InChI=1S/C23H22O6.C22H26F3N3OS.2ClH/c1-23(2)11-10-15-16(29-23)12-17-19(20(15)26-4)21(27-5)18(22(24)28-17)13-6-8-14(25-3)9-7-13;23-22(24,25)17-6-7-21-19(16-17)28(18-4-1-2-5-20(18)30-21)9-3-8-26-10-12-27(13-11-26)14-15-29;;/h6-12H,1-5H3;1-2,4-7,16,29H,3,8-15H2;2*1H. The molecule has 0 radical (unpaired) electrons. The van der Waals surface area contributed by atoms with Gasteiger partial charge in [-0.1, -0.05) is 36.0 Å². The molecule has 0 aliphatic carbocycles. The Morgan fingerprint density at radius 2 is 1.46 bits per heavy atom. The highest BCUT2D eigenvalue weighted by Gasteiger charge is 2.34. The average Bonchev–Trinajstić information content (AvgIpc) is 3.22. The number of piperazine rings is 1. The van der Waals surface area contributed by atoms with E-state index in [1.54, 1.807) is 50.6 Å². The smallest absolute Gasteiger partial charge is 0.416 e. The Kier molecular flexibility index (Phi) is 15.6. The van der Waals surface area contributed by atoms with Crippen molar-refractivity contribution in [3.63, 3.8) is 0 Å². The number of alkyl halides is 3. The Morgan fingerprint density at radius 3 is 2.10 bits per heavy atom. The summed E-state index contributed by atoms with van der Waals surface area (Å²) >= 11 is 1.53. The predicted octanol–water partition coefficient (Wildman–Crippen LogP) is 9.82. The lowest BCUT2D eigenvalue weighted by Gasteiger charge is -2.36. The summed E-state index contributed by atoms with van der Waals surface area (Å²) in [5.41, 5.74) is 2.12. The van der Waals surface area contributed by atoms with Crippen molar-refractivity contribution in [3.8, 4) is 34.1 Å². The number of hydrogen-bond donors (Lipinski definition) is 1. The Hall–Kier alpha value is -4.57. The second-order valence-corrected chi connectivity index (χ2v) is 16.0. The van der Waals surface area contributed by atoms with Gasteiger partial charge in [-0.3, -0.25) is 4.90 Å². The molecule has 0 bridgehead atoms. The number of benzene rings is 4. The third-order valence-corrected chi connectivity index (χ3v) is 11.7. The molecule has 10 nitrogen and oxygen atoms in total. The first-order valence-corrected chi connectivity index (χ1v) is 20.3. The summed E-state index contributed by atoms with van der Waals surface area (Å²) in [4.78, 5) is 21.5. The molecule has 16 heteroatoms. The quantitative estimate of drug-likeness (QED) is 0.136. The maximum absolute atomic E-state index is 13.3. The lowest BCUT2D eigenvalue weighted by atomic mass is 9.98. The van der Waals surface area contributed by atoms with Crippen molar-refractivity contribution in [2.45, 2.75) is 41.8 Å². The number of anilines is 2. The molecular weight excluding hydrogens is 854 g/mol. The molecule has 0 saturated carbocycles. The van der Waals surface area contributed by atoms with Crippen molar-refractivity contribution in [1.29, 1.82) is 0 Å². The summed E-state index contributed by atoms with van der Waals surface area (Å²) in [5, 5.41) is 9.64. The molecule has 61 heavy (non-hydrogen) atoms. The van der Waals surface area contributed by atoms with Crippen LogP contribution in [0.2, 0.25) is 0 Å². The van der Waals surface area contributed by atoms with Gasteiger partial charge in [-0.05, 0) is 87.0 Å². The van der Waals surface area contributed by atoms with E-state index in [1.165, 1.54) is 31.0 Å². The van der Waals surface area contributed by atoms with Gasteiger partial charge >= 0.3 is 11.8 Å². The Labute approximate surface area is 370 Å². The summed E-state index contributed by atoms with van der Waals surface area (Å²) < 4.78 is 68.2. The van der Waals surface area contributed by atoms with Crippen molar-refractivity contribution >= 4 is 65.0 Å². The van der Waals surface area contributed by atoms with Crippen LogP contribution in [-0.4, -0.2) is 94.3 Å². The van der Waals surface area contributed by atoms with E-state index in [9.17, 15) is 18.0 Å². The van der Waals surface area contributed by atoms with Gasteiger partial charge in [0.2, 0.25) is 0 Å². The summed E-state index contributed by atoms with van der Waals surface area (Å²) in [6.07, 6.45) is 0.430. The number of methoxy groups -OCH3 is 3. The molecule has 8 rings (SSSR count). The number of β-amino-alcohol motifs (C(OH)–C–C–N with tert-alkyl or cyclic N) is 1. The van der Waals surface area contributed by atoms with Crippen molar-refractivity contribution in [2.24, 2.45) is 0 Å². The van der Waals surface area contributed by atoms with Gasteiger partial charge in [0.05, 0.1) is 50.4 Å². The number of aliphatic hydroxyl groups is 1. The lowest BCUT2D eigenvalue weighted by molar-refractivity contribution is -0.137. The normalized spacial score (nSPS) is 15.5. The van der Waals surface area contributed by atoms with Gasteiger partial charge in [0.15, 0.2) is 0 Å². The highest BCUT2D eigenvalue weighted by atomic mass is 35.5. The average molecular weight is 905 g/mol. The second kappa shape index (κ2) is 20.1. The van der Waals surface area contributed by atoms with E-state index in [0.717, 1.165) is 60.2 Å². The molecule has 0 atom stereocenters. The predicted molar refractivity (Wildman–Crippen MR) is 239 cm³/mol. The van der Waals surface area contributed by atoms with E-state index in [1.807, 2.05) is 55.2 Å². The van der Waals surface area contributed by atoms with Crippen LogP contribution in [0.1, 0.15) is 31.4 Å². The van der Waals surface area contributed by atoms with Gasteiger partial charge in [-0.15, -0.1) is 24.8 Å². The topological polar surface area (TPSA) is 97.1 Å². The first-order valence-electron chi connectivity index (χ1n) is 19.4. The Bertz CT molecular complexity index is 2390. The minimum Gasteiger partial charge on any atom is -0.497 e. The SMILES string of the molecule is COc1ccc(-c2c(OC)c3c(OC)c4c(cc3oc2=O)OC(C)(C)C=C4)cc1.Cl.Cl.OCCN1CCN(CCCN2c3ccccc3Sc3ccc(C(F)(F)F)cc32)CC1. The molecular formula is C45H50Cl2F3N3O7S. The third kappa shape index (κ3) is 10.4. The molecule has 4 heterocycles. The van der Waals surface area contributed by atoms with E-state index < -0.39 is 23.0 Å². The molecule has 3 aliphatic heterocycles. The molecule has 0 spiro atoms. The molecule has 5 aromatic rings. The van der Waals surface area contributed by atoms with Gasteiger partial charge in [0.1, 0.15) is 45.1 Å². The minimum absolute atomic E-state index is 0. The summed E-state index contributed by atoms with van der Waals surface area (Å²) in [6.45, 7) is 10.2. The largest absolute Gasteiger partial charge is 0.497 e. The monoisotopic (exact) mass is 903 g/mol. The zero-order chi connectivity index (χ0) is 41.9. The number of rotatable bonds is 10. The fourth-order valence-electron chi connectivity index (χ4n) is 7.63. The van der Waals surface area contributed by atoms with Crippen LogP contribution in [0.25, 0.3) is 28.2 Å². The number of fused-ring (bicyclic) bond motifs is 4. The van der Waals surface area contributed by atoms with Crippen LogP contribution in [0.15, 0.2) is 97.9 Å². The summed E-state index contributed by atoms with van der Waals surface area (Å²) in [7, 11) is 4.68. The van der Waals surface area contributed by atoms with Crippen LogP contribution in [0.3, 0.4) is 0 Å². The van der Waals surface area contributed by atoms with Crippen molar-refractivity contribution in [2.75, 3.05) is 78.6 Å². The van der Waals surface area contributed by atoms with E-state index in [-0.39, 0.29) is 31.4 Å². The first-order chi connectivity index (χ1) is 28.3. The molecule has 0 amide bonds. The highest BCUT2D eigenvalue weighted by Crippen LogP contribution is 2.50. The zero-order valence-electron chi connectivity index (χ0n) is 34.5. The Morgan fingerprint density at radius 1 is 0.803 bits per heavy atom. The van der Waals surface area contributed by atoms with Gasteiger partial charge in [0, 0.05) is 55.1 Å². The number of nitrogens with zero attached hydrogens (tertiary/aromatic N) is 3. The number of hydrogen-bond acceptors (Lipinski definition) is 11. The van der Waals surface area contributed by atoms with Crippen LogP contribution in [0, 0.1) is 0 Å². The van der Waals surface area contributed by atoms with Gasteiger partial charge < -0.3 is 38.3 Å². The zero-order valence-corrected chi connectivity index (χ0v) is 37.0. The summed E-state index contributed by atoms with van der Waals surface area (Å²) in [5.74, 6) is 2.19. The van der Waals surface area contributed by atoms with Crippen LogP contribution >= 0.6 is 36.6 Å². The molecule has 1 fully saturated rings. The van der Waals surface area contributed by atoms with Gasteiger partial charge in [-0.2, -0.15) is 13.2 Å². The van der Waals surface area contributed by atoms with E-state index in [2.05, 4.69) is 9.80 Å². The maximum Gasteiger partial charge on any atom is 0.416 e. The lowest BCUT2D eigenvalue weighted by Crippen LogP contribution is -2.47. The van der Waals surface area contributed by atoms with Crippen molar-refractivity contribution < 1.29 is 41.6 Å². The maximum atomic E-state index is 13.3. The summed E-state index contributed by atoms with van der Waals surface area (Å²) in [6, 6.07) is 20.8. The molecule has 1 aromatic heterocycles. The number of halogens is 5. The van der Waals surface area contributed by atoms with Gasteiger partial charge in [0.25, 0.3) is 0 Å². The van der Waals surface area contributed by atoms with Gasteiger partial charge in [-0.25, -0.2) is 4.79 Å². The second-order valence-electron chi connectivity index (χ2n) is 14.9. The van der Waals surface area contributed by atoms with Crippen LogP contribution < -0.4 is 29.5 Å². The molecule has 4 aromatic carbocycles. The van der Waals surface area contributed by atoms with E-state index >= 15 is 0 Å². The molecule has 328 valence electrons. The fraction of sp³-hybridized carbons (Fsp3) is 0.356. The molecule has 0 unspecified atom stereocenters. The first kappa shape index (κ1) is 47.5.